The van der Waals surface area contributed by atoms with Crippen molar-refractivity contribution in [2.75, 3.05) is 19.8 Å². The maximum Gasteiger partial charge on any atom is 0.334 e. The van der Waals surface area contributed by atoms with Crippen LogP contribution in [-0.2, 0) is 14.3 Å². The SMILES string of the molecule is CC1=C(C(=O)O)C(c2ccccc2Cl)C(C(=O)O)=C(COCCN)N1. The smallest absolute Gasteiger partial charge is 0.334 e. The Kier molecular flexibility index (Phi) is 6.19. The third kappa shape index (κ3) is 4.01. The second-order valence-corrected chi connectivity index (χ2v) is 5.87. The zero-order valence-corrected chi connectivity index (χ0v) is 14.3. The molecule has 25 heavy (non-hydrogen) atoms. The van der Waals surface area contributed by atoms with Crippen molar-refractivity contribution in [3.05, 3.63) is 57.4 Å². The van der Waals surface area contributed by atoms with Crippen molar-refractivity contribution >= 4 is 23.5 Å². The Morgan fingerprint density at radius 2 is 1.88 bits per heavy atom. The van der Waals surface area contributed by atoms with Crippen molar-refractivity contribution in [3.63, 3.8) is 0 Å². The maximum atomic E-state index is 11.9. The van der Waals surface area contributed by atoms with Crippen LogP contribution in [0.1, 0.15) is 18.4 Å². The molecule has 8 heteroatoms. The van der Waals surface area contributed by atoms with E-state index in [4.69, 9.17) is 22.1 Å². The number of halogens is 1. The van der Waals surface area contributed by atoms with Crippen molar-refractivity contribution in [2.24, 2.45) is 5.73 Å². The minimum atomic E-state index is -1.24. The Morgan fingerprint density at radius 3 is 2.44 bits per heavy atom. The van der Waals surface area contributed by atoms with E-state index in [0.29, 0.717) is 22.8 Å². The van der Waals surface area contributed by atoms with E-state index in [0.717, 1.165) is 0 Å². The number of nitrogens with one attached hydrogen (secondary N) is 1. The van der Waals surface area contributed by atoms with Crippen LogP contribution in [-0.4, -0.2) is 41.9 Å². The zero-order chi connectivity index (χ0) is 18.6. The first-order valence-corrected chi connectivity index (χ1v) is 7.95. The van der Waals surface area contributed by atoms with E-state index >= 15 is 0 Å². The van der Waals surface area contributed by atoms with Gasteiger partial charge in [-0.1, -0.05) is 29.8 Å². The molecule has 0 aliphatic carbocycles. The van der Waals surface area contributed by atoms with Gasteiger partial charge in [0.1, 0.15) is 0 Å². The Labute approximate surface area is 149 Å². The number of hydrogen-bond donors (Lipinski definition) is 4. The van der Waals surface area contributed by atoms with Crippen LogP contribution < -0.4 is 11.1 Å². The van der Waals surface area contributed by atoms with E-state index < -0.39 is 17.9 Å². The molecular formula is C17H19ClN2O5. The minimum Gasteiger partial charge on any atom is -0.478 e. The lowest BCUT2D eigenvalue weighted by Crippen LogP contribution is -2.34. The predicted molar refractivity (Wildman–Crippen MR) is 92.2 cm³/mol. The highest BCUT2D eigenvalue weighted by Gasteiger charge is 2.38. The molecule has 0 spiro atoms. The summed E-state index contributed by atoms with van der Waals surface area (Å²) in [5, 5.41) is 22.5. The standard InChI is InChI=1S/C17H19ClN2O5/c1-9-13(16(21)22)14(10-4-2-3-5-11(10)18)15(17(23)24)12(20-9)8-25-7-6-19/h2-5,14,20H,6-8,19H2,1H3,(H,21,22)(H,23,24). The molecule has 5 N–H and O–H groups in total. The number of benzene rings is 1. The molecule has 1 aliphatic heterocycles. The summed E-state index contributed by atoms with van der Waals surface area (Å²) in [6.45, 7) is 2.10. The van der Waals surface area contributed by atoms with Gasteiger partial charge in [0.2, 0.25) is 0 Å². The number of aliphatic carboxylic acids is 2. The fourth-order valence-corrected chi connectivity index (χ4v) is 3.07. The van der Waals surface area contributed by atoms with E-state index in [1.54, 1.807) is 31.2 Å². The van der Waals surface area contributed by atoms with Gasteiger partial charge >= 0.3 is 11.9 Å². The lowest BCUT2D eigenvalue weighted by molar-refractivity contribution is -0.133. The minimum absolute atomic E-state index is 0.0238. The van der Waals surface area contributed by atoms with Crippen LogP contribution >= 0.6 is 11.6 Å². The molecule has 0 saturated heterocycles. The number of carboxylic acid groups (broad SMARTS) is 2. The second kappa shape index (κ2) is 8.15. The highest BCUT2D eigenvalue weighted by atomic mass is 35.5. The molecule has 0 bridgehead atoms. The van der Waals surface area contributed by atoms with Crippen LogP contribution in [0.5, 0.6) is 0 Å². The Hall–Kier alpha value is -2.35. The van der Waals surface area contributed by atoms with Crippen molar-refractivity contribution in [3.8, 4) is 0 Å². The molecule has 1 heterocycles. The first kappa shape index (κ1) is 19.0. The highest BCUT2D eigenvalue weighted by Crippen LogP contribution is 2.40. The Balaban J connectivity index is 2.63. The van der Waals surface area contributed by atoms with E-state index in [2.05, 4.69) is 5.32 Å². The summed E-state index contributed by atoms with van der Waals surface area (Å²) in [7, 11) is 0. The number of nitrogens with two attached hydrogens (primary N) is 1. The molecule has 1 aromatic rings. The van der Waals surface area contributed by atoms with Crippen molar-refractivity contribution in [1.82, 2.24) is 5.32 Å². The lowest BCUT2D eigenvalue weighted by atomic mass is 9.80. The summed E-state index contributed by atoms with van der Waals surface area (Å²) in [5.41, 5.74) is 6.26. The summed E-state index contributed by atoms with van der Waals surface area (Å²) in [6.07, 6.45) is 0. The van der Waals surface area contributed by atoms with Crippen LogP contribution in [0.3, 0.4) is 0 Å². The molecule has 134 valence electrons. The van der Waals surface area contributed by atoms with Crippen LogP contribution in [0.4, 0.5) is 0 Å². The van der Waals surface area contributed by atoms with E-state index in [1.165, 1.54) is 0 Å². The molecular weight excluding hydrogens is 348 g/mol. The topological polar surface area (TPSA) is 122 Å². The van der Waals surface area contributed by atoms with E-state index in [9.17, 15) is 19.8 Å². The molecule has 0 aromatic heterocycles. The number of rotatable bonds is 7. The van der Waals surface area contributed by atoms with E-state index in [1.807, 2.05) is 0 Å². The molecule has 7 nitrogen and oxygen atoms in total. The molecule has 0 fully saturated rings. The maximum absolute atomic E-state index is 11.9. The van der Waals surface area contributed by atoms with Crippen molar-refractivity contribution < 1.29 is 24.5 Å². The summed E-state index contributed by atoms with van der Waals surface area (Å²) in [6, 6.07) is 6.59. The van der Waals surface area contributed by atoms with Gasteiger partial charge in [-0.3, -0.25) is 0 Å². The number of dihydropyridines is 1. The van der Waals surface area contributed by atoms with Crippen LogP contribution in [0, 0.1) is 0 Å². The highest BCUT2D eigenvalue weighted by molar-refractivity contribution is 6.31. The third-order valence-corrected chi connectivity index (χ3v) is 4.17. The van der Waals surface area contributed by atoms with Gasteiger partial charge in [0.15, 0.2) is 0 Å². The summed E-state index contributed by atoms with van der Waals surface area (Å²) < 4.78 is 5.35. The normalized spacial score (nSPS) is 17.5. The molecule has 0 radical (unpaired) electrons. The summed E-state index contributed by atoms with van der Waals surface area (Å²) >= 11 is 6.22. The molecule has 0 amide bonds. The molecule has 1 unspecified atom stereocenters. The Morgan fingerprint density at radius 1 is 1.24 bits per heavy atom. The van der Waals surface area contributed by atoms with E-state index in [-0.39, 0.29) is 30.1 Å². The number of carboxylic acids is 2. The van der Waals surface area contributed by atoms with Crippen LogP contribution in [0.15, 0.2) is 46.8 Å². The summed E-state index contributed by atoms with van der Waals surface area (Å²) in [5.74, 6) is -3.47. The molecule has 1 aromatic carbocycles. The van der Waals surface area contributed by atoms with Gasteiger partial charge in [-0.15, -0.1) is 0 Å². The van der Waals surface area contributed by atoms with Gasteiger partial charge < -0.3 is 26.0 Å². The largest absolute Gasteiger partial charge is 0.478 e. The molecule has 0 saturated carbocycles. The average Bonchev–Trinajstić information content (AvgIpc) is 2.54. The fourth-order valence-electron chi connectivity index (χ4n) is 2.82. The fraction of sp³-hybridized carbons (Fsp3) is 0.294. The molecule has 2 rings (SSSR count). The van der Waals surface area contributed by atoms with Gasteiger partial charge in [0.05, 0.1) is 36.0 Å². The summed E-state index contributed by atoms with van der Waals surface area (Å²) in [4.78, 5) is 23.7. The predicted octanol–water partition coefficient (Wildman–Crippen LogP) is 1.70. The van der Waals surface area contributed by atoms with Crippen LogP contribution in [0.25, 0.3) is 0 Å². The Bertz CT molecular complexity index is 757. The monoisotopic (exact) mass is 366 g/mol. The second-order valence-electron chi connectivity index (χ2n) is 5.46. The lowest BCUT2D eigenvalue weighted by Gasteiger charge is -2.30. The average molecular weight is 367 g/mol. The van der Waals surface area contributed by atoms with Crippen molar-refractivity contribution in [1.29, 1.82) is 0 Å². The number of allylic oxidation sites excluding steroid dienone is 1. The van der Waals surface area contributed by atoms with Gasteiger partial charge in [-0.05, 0) is 18.6 Å². The quantitative estimate of drug-likeness (QED) is 0.542. The number of hydrogen-bond acceptors (Lipinski definition) is 5. The molecule has 1 atom stereocenters. The van der Waals surface area contributed by atoms with Gasteiger partial charge in [0.25, 0.3) is 0 Å². The van der Waals surface area contributed by atoms with Crippen LogP contribution in [0.2, 0.25) is 5.02 Å². The molecule has 1 aliphatic rings. The number of carbonyl (C=O) groups is 2. The van der Waals surface area contributed by atoms with Gasteiger partial charge in [0, 0.05) is 17.3 Å². The zero-order valence-electron chi connectivity index (χ0n) is 13.6. The van der Waals surface area contributed by atoms with Gasteiger partial charge in [-0.2, -0.15) is 0 Å². The first-order valence-electron chi connectivity index (χ1n) is 7.58. The van der Waals surface area contributed by atoms with Crippen molar-refractivity contribution in [2.45, 2.75) is 12.8 Å². The first-order chi connectivity index (χ1) is 11.9. The number of ether oxygens (including phenoxy) is 1. The third-order valence-electron chi connectivity index (χ3n) is 3.83. The van der Waals surface area contributed by atoms with Gasteiger partial charge in [-0.25, -0.2) is 9.59 Å².